The van der Waals surface area contributed by atoms with Crippen molar-refractivity contribution < 1.29 is 10.2 Å². The molecule has 2 unspecified atom stereocenters. The molecule has 2 nitrogen and oxygen atoms in total. The molecule has 2 atom stereocenters. The maximum Gasteiger partial charge on any atom is 0.141 e. The molecule has 228 valence electrons. The van der Waals surface area contributed by atoms with Crippen LogP contribution in [0.4, 0.5) is 0 Å². The summed E-state index contributed by atoms with van der Waals surface area (Å²) < 4.78 is 1.03. The van der Waals surface area contributed by atoms with Crippen LogP contribution in [0.25, 0.3) is 22.3 Å². The van der Waals surface area contributed by atoms with E-state index in [9.17, 15) is 10.2 Å². The fourth-order valence-corrected chi connectivity index (χ4v) is 7.26. The van der Waals surface area contributed by atoms with Gasteiger partial charge in [0.2, 0.25) is 0 Å². The molecule has 0 amide bonds. The highest BCUT2D eigenvalue weighted by Gasteiger charge is 2.50. The lowest BCUT2D eigenvalue weighted by Crippen LogP contribution is -2.44. The van der Waals surface area contributed by atoms with Crippen LogP contribution in [0.1, 0.15) is 64.3 Å². The summed E-state index contributed by atoms with van der Waals surface area (Å²) in [6.45, 7) is 4.25. The molecule has 2 N–H and O–H groups in total. The number of aliphatic hydroxyl groups is 2. The number of hydrogen-bond acceptors (Lipinski definition) is 2. The second kappa shape index (κ2) is 12.1. The molecule has 0 aliphatic heterocycles. The number of hydrogen-bond donors (Lipinski definition) is 2. The van der Waals surface area contributed by atoms with Gasteiger partial charge in [0.05, 0.1) is 0 Å². The molecular formula is C43H37BrO2. The Kier molecular flexibility index (Phi) is 8.02. The normalized spacial score (nSPS) is 18.5. The van der Waals surface area contributed by atoms with Crippen molar-refractivity contribution in [1.82, 2.24) is 0 Å². The van der Waals surface area contributed by atoms with E-state index in [1.165, 1.54) is 18.4 Å². The quantitative estimate of drug-likeness (QED) is 0.178. The zero-order valence-electron chi connectivity index (χ0n) is 26.2. The van der Waals surface area contributed by atoms with Gasteiger partial charge < -0.3 is 10.2 Å². The van der Waals surface area contributed by atoms with Crippen molar-refractivity contribution in [3.05, 3.63) is 189 Å². The summed E-state index contributed by atoms with van der Waals surface area (Å²) >= 11 is 3.52. The van der Waals surface area contributed by atoms with Crippen LogP contribution in [0.2, 0.25) is 0 Å². The molecule has 7 rings (SSSR count). The van der Waals surface area contributed by atoms with Gasteiger partial charge in [0.15, 0.2) is 0 Å². The Labute approximate surface area is 280 Å². The van der Waals surface area contributed by atoms with Gasteiger partial charge in [-0.2, -0.15) is 0 Å². The summed E-state index contributed by atoms with van der Waals surface area (Å²) in [5.74, 6) is 0. The fraction of sp³-hybridized carbons (Fsp3) is 0.163. The van der Waals surface area contributed by atoms with E-state index in [0.29, 0.717) is 22.3 Å². The zero-order valence-corrected chi connectivity index (χ0v) is 27.8. The van der Waals surface area contributed by atoms with Gasteiger partial charge in [-0.15, -0.1) is 0 Å². The lowest BCUT2D eigenvalue weighted by molar-refractivity contribution is 0.0747. The van der Waals surface area contributed by atoms with Crippen molar-refractivity contribution in [1.29, 1.82) is 0 Å². The largest absolute Gasteiger partial charge is 0.376 e. The first-order chi connectivity index (χ1) is 22.3. The van der Waals surface area contributed by atoms with Crippen LogP contribution in [-0.4, -0.2) is 10.2 Å². The van der Waals surface area contributed by atoms with Crippen molar-refractivity contribution >= 4 is 15.9 Å². The van der Waals surface area contributed by atoms with E-state index < -0.39 is 11.2 Å². The maximum absolute atomic E-state index is 12.9. The van der Waals surface area contributed by atoms with Crippen molar-refractivity contribution in [3.63, 3.8) is 0 Å². The third-order valence-electron chi connectivity index (χ3n) is 9.55. The minimum atomic E-state index is -1.46. The van der Waals surface area contributed by atoms with Crippen LogP contribution < -0.4 is 0 Å². The summed E-state index contributed by atoms with van der Waals surface area (Å²) in [7, 11) is 0. The molecular weight excluding hydrogens is 628 g/mol. The highest BCUT2D eigenvalue weighted by molar-refractivity contribution is 9.10. The molecule has 6 aromatic rings. The lowest BCUT2D eigenvalue weighted by atomic mass is 9.63. The van der Waals surface area contributed by atoms with Crippen LogP contribution in [0, 0.1) is 6.92 Å². The highest BCUT2D eigenvalue weighted by atomic mass is 79.9. The van der Waals surface area contributed by atoms with E-state index in [1.54, 1.807) is 0 Å². The van der Waals surface area contributed by atoms with Gasteiger partial charge in [-0.3, -0.25) is 0 Å². The minimum Gasteiger partial charge on any atom is -0.376 e. The Morgan fingerprint density at radius 1 is 0.522 bits per heavy atom. The molecule has 1 aliphatic carbocycles. The number of aryl methyl sites for hydroxylation is 2. The SMILES string of the molecule is CCCCc1ccc(-c2ccc(C3(O)c4ccccc4C(O)(c4ccc(-c5ccc(Br)cc5)cc4)c4cc(C)ccc43)cc2)cc1. The van der Waals surface area contributed by atoms with Gasteiger partial charge in [0, 0.05) is 4.47 Å². The van der Waals surface area contributed by atoms with Crippen LogP contribution in [0.5, 0.6) is 0 Å². The first-order valence-corrected chi connectivity index (χ1v) is 16.8. The van der Waals surface area contributed by atoms with Crippen molar-refractivity contribution in [3.8, 4) is 22.3 Å². The maximum atomic E-state index is 12.9. The standard InChI is InChI=1S/C43H37BrO2/c1-3-4-7-30-11-13-31(14-12-30)32-15-21-35(22-16-32)42(45)38-8-5-6-9-39(38)43(46,41-28-29(2)10-27-40(41)42)36-23-17-33(18-24-36)34-19-25-37(44)26-20-34/h5-6,8-28,45-46H,3-4,7H2,1-2H3. The molecule has 3 heteroatoms. The molecule has 1 aliphatic rings. The molecule has 0 radical (unpaired) electrons. The monoisotopic (exact) mass is 664 g/mol. The molecule has 46 heavy (non-hydrogen) atoms. The third-order valence-corrected chi connectivity index (χ3v) is 10.1. The van der Waals surface area contributed by atoms with E-state index in [-0.39, 0.29) is 0 Å². The Hall–Kier alpha value is -4.28. The molecule has 0 saturated heterocycles. The summed E-state index contributed by atoms with van der Waals surface area (Å²) in [4.78, 5) is 0. The molecule has 0 aromatic heterocycles. The molecule has 0 heterocycles. The Balaban J connectivity index is 1.32. The van der Waals surface area contributed by atoms with Crippen LogP contribution in [-0.2, 0) is 17.6 Å². The van der Waals surface area contributed by atoms with Gasteiger partial charge in [0.1, 0.15) is 11.2 Å². The summed E-state index contributed by atoms with van der Waals surface area (Å²) in [6, 6.07) is 47.2. The predicted octanol–water partition coefficient (Wildman–Crippen LogP) is 10.3. The van der Waals surface area contributed by atoms with Crippen molar-refractivity contribution in [2.24, 2.45) is 0 Å². The number of benzene rings is 6. The first kappa shape index (κ1) is 30.4. The third kappa shape index (κ3) is 5.13. The predicted molar refractivity (Wildman–Crippen MR) is 192 cm³/mol. The number of rotatable bonds is 7. The summed E-state index contributed by atoms with van der Waals surface area (Å²) in [5.41, 5.74) is 8.15. The average Bonchev–Trinajstić information content (AvgIpc) is 3.10. The number of unbranched alkanes of at least 4 members (excludes halogenated alkanes) is 1. The van der Waals surface area contributed by atoms with E-state index in [1.807, 2.05) is 85.8 Å². The van der Waals surface area contributed by atoms with E-state index >= 15 is 0 Å². The molecule has 6 aromatic carbocycles. The van der Waals surface area contributed by atoms with Gasteiger partial charge in [-0.25, -0.2) is 0 Å². The highest BCUT2D eigenvalue weighted by Crippen LogP contribution is 2.53. The topological polar surface area (TPSA) is 40.5 Å². The van der Waals surface area contributed by atoms with Crippen molar-refractivity contribution in [2.75, 3.05) is 0 Å². The zero-order chi connectivity index (χ0) is 31.9. The van der Waals surface area contributed by atoms with E-state index in [0.717, 1.165) is 49.8 Å². The van der Waals surface area contributed by atoms with Gasteiger partial charge in [-0.05, 0) is 93.1 Å². The average molecular weight is 666 g/mol. The minimum absolute atomic E-state index is 0.679. The van der Waals surface area contributed by atoms with Crippen LogP contribution in [0.15, 0.2) is 144 Å². The van der Waals surface area contributed by atoms with Crippen LogP contribution in [0.3, 0.4) is 0 Å². The molecule has 0 bridgehead atoms. The Bertz CT molecular complexity index is 1990. The second-order valence-corrected chi connectivity index (χ2v) is 13.4. The Morgan fingerprint density at radius 3 is 1.46 bits per heavy atom. The fourth-order valence-electron chi connectivity index (χ4n) is 6.99. The summed E-state index contributed by atoms with van der Waals surface area (Å²) in [5, 5.41) is 25.8. The molecule has 0 spiro atoms. The van der Waals surface area contributed by atoms with Gasteiger partial charge in [0.25, 0.3) is 0 Å². The van der Waals surface area contributed by atoms with Gasteiger partial charge >= 0.3 is 0 Å². The first-order valence-electron chi connectivity index (χ1n) is 16.0. The van der Waals surface area contributed by atoms with Crippen LogP contribution >= 0.6 is 15.9 Å². The number of halogens is 1. The number of fused-ring (bicyclic) bond motifs is 2. The van der Waals surface area contributed by atoms with Gasteiger partial charge in [-0.1, -0.05) is 162 Å². The molecule has 0 fully saturated rings. The second-order valence-electron chi connectivity index (χ2n) is 12.5. The molecule has 0 saturated carbocycles. The Morgan fingerprint density at radius 2 is 0.957 bits per heavy atom. The van der Waals surface area contributed by atoms with Crippen molar-refractivity contribution in [2.45, 2.75) is 44.3 Å². The van der Waals surface area contributed by atoms with E-state index in [4.69, 9.17) is 0 Å². The lowest BCUT2D eigenvalue weighted by Gasteiger charge is -2.45. The summed E-state index contributed by atoms with van der Waals surface area (Å²) in [6.07, 6.45) is 3.48. The smallest absolute Gasteiger partial charge is 0.141 e. The van der Waals surface area contributed by atoms with E-state index in [2.05, 4.69) is 83.5 Å².